The summed E-state index contributed by atoms with van der Waals surface area (Å²) in [5.41, 5.74) is 2.37. The summed E-state index contributed by atoms with van der Waals surface area (Å²) in [6, 6.07) is 10.0. The first-order chi connectivity index (χ1) is 11.4. The van der Waals surface area contributed by atoms with Crippen LogP contribution in [0.15, 0.2) is 46.1 Å². The van der Waals surface area contributed by atoms with E-state index in [0.717, 1.165) is 5.56 Å². The van der Waals surface area contributed by atoms with E-state index in [0.29, 0.717) is 22.3 Å². The second-order valence-corrected chi connectivity index (χ2v) is 7.15. The molecule has 0 bridgehead atoms. The molecule has 0 saturated carbocycles. The zero-order valence-corrected chi connectivity index (χ0v) is 14.0. The van der Waals surface area contributed by atoms with Crippen LogP contribution in [0.5, 0.6) is 5.75 Å². The molecule has 1 aromatic heterocycles. The zero-order valence-electron chi connectivity index (χ0n) is 13.2. The lowest BCUT2D eigenvalue weighted by atomic mass is 10.2. The van der Waals surface area contributed by atoms with E-state index in [9.17, 15) is 13.2 Å². The fourth-order valence-electron chi connectivity index (χ4n) is 2.50. The first-order valence-corrected chi connectivity index (χ1v) is 8.72. The summed E-state index contributed by atoms with van der Waals surface area (Å²) in [6.07, 6.45) is 0. The molecule has 0 fully saturated rings. The maximum absolute atomic E-state index is 12.5. The van der Waals surface area contributed by atoms with Crippen LogP contribution in [0.4, 0.5) is 0 Å². The Morgan fingerprint density at radius 2 is 1.83 bits per heavy atom. The van der Waals surface area contributed by atoms with E-state index in [1.165, 1.54) is 13.2 Å². The fraction of sp³-hybridized carbons (Fsp3) is 0.188. The minimum Gasteiger partial charge on any atom is -0.497 e. The number of benzene rings is 2. The maximum Gasteiger partial charge on any atom is 0.323 e. The maximum atomic E-state index is 12.5. The predicted molar refractivity (Wildman–Crippen MR) is 90.7 cm³/mol. The fourth-order valence-corrected chi connectivity index (χ4v) is 3.74. The van der Waals surface area contributed by atoms with Crippen LogP contribution < -0.4 is 15.1 Å². The summed E-state index contributed by atoms with van der Waals surface area (Å²) in [4.78, 5) is 16.8. The Morgan fingerprint density at radius 1 is 1.08 bits per heavy atom. The van der Waals surface area contributed by atoms with Crippen molar-refractivity contribution in [2.45, 2.75) is 18.4 Å². The molecule has 0 saturated heterocycles. The lowest BCUT2D eigenvalue weighted by Crippen LogP contribution is -2.24. The molecule has 0 radical (unpaired) electrons. The van der Waals surface area contributed by atoms with Gasteiger partial charge < -0.3 is 14.7 Å². The van der Waals surface area contributed by atoms with Gasteiger partial charge in [-0.3, -0.25) is 0 Å². The van der Waals surface area contributed by atoms with Crippen molar-refractivity contribution < 1.29 is 13.2 Å². The highest BCUT2D eigenvalue weighted by Crippen LogP contribution is 2.21. The Bertz CT molecular complexity index is 1050. The first kappa shape index (κ1) is 16.3. The van der Waals surface area contributed by atoms with Crippen molar-refractivity contribution in [2.75, 3.05) is 7.11 Å². The molecule has 7 nitrogen and oxygen atoms in total. The Morgan fingerprint density at radius 3 is 2.54 bits per heavy atom. The van der Waals surface area contributed by atoms with E-state index in [-0.39, 0.29) is 17.1 Å². The molecule has 1 heterocycles. The van der Waals surface area contributed by atoms with Crippen molar-refractivity contribution in [3.8, 4) is 5.75 Å². The number of methoxy groups -OCH3 is 1. The molecule has 3 aromatic rings. The third-order valence-electron chi connectivity index (χ3n) is 3.72. The van der Waals surface area contributed by atoms with Crippen molar-refractivity contribution >= 4 is 21.1 Å². The summed E-state index contributed by atoms with van der Waals surface area (Å²) < 4.78 is 32.6. The van der Waals surface area contributed by atoms with Crippen molar-refractivity contribution in [1.82, 2.24) is 14.7 Å². The third kappa shape index (κ3) is 3.19. The quantitative estimate of drug-likeness (QED) is 0.653. The normalized spacial score (nSPS) is 11.8. The Balaban J connectivity index is 1.82. The van der Waals surface area contributed by atoms with Gasteiger partial charge in [-0.05, 0) is 48.4 Å². The molecule has 0 spiro atoms. The number of hydrogen-bond acceptors (Lipinski definition) is 4. The minimum atomic E-state index is -3.65. The molecule has 0 unspecified atom stereocenters. The van der Waals surface area contributed by atoms with Crippen molar-refractivity contribution in [3.63, 3.8) is 0 Å². The van der Waals surface area contributed by atoms with E-state index in [1.54, 1.807) is 37.3 Å². The summed E-state index contributed by atoms with van der Waals surface area (Å²) >= 11 is 0. The SMILES string of the molecule is COc1ccc(S(=O)(=O)NCc2ccc3[nH]c(=O)[nH]c3c2)c(C)c1. The highest BCUT2D eigenvalue weighted by atomic mass is 32.2. The summed E-state index contributed by atoms with van der Waals surface area (Å²) in [7, 11) is -2.12. The predicted octanol–water partition coefficient (Wildman–Crippen LogP) is 1.65. The van der Waals surface area contributed by atoms with Gasteiger partial charge in [-0.25, -0.2) is 17.9 Å². The van der Waals surface area contributed by atoms with E-state index >= 15 is 0 Å². The van der Waals surface area contributed by atoms with E-state index in [4.69, 9.17) is 4.74 Å². The number of nitrogens with one attached hydrogen (secondary N) is 3. The number of hydrogen-bond donors (Lipinski definition) is 3. The number of ether oxygens (including phenoxy) is 1. The van der Waals surface area contributed by atoms with Crippen LogP contribution in [0.1, 0.15) is 11.1 Å². The number of aromatic amines is 2. The highest BCUT2D eigenvalue weighted by molar-refractivity contribution is 7.89. The molecular weight excluding hydrogens is 330 g/mol. The molecule has 2 aromatic carbocycles. The summed E-state index contributed by atoms with van der Waals surface area (Å²) in [6.45, 7) is 1.84. The minimum absolute atomic E-state index is 0.122. The number of H-pyrrole nitrogens is 2. The van der Waals surface area contributed by atoms with Gasteiger partial charge in [0.2, 0.25) is 10.0 Å². The molecule has 0 atom stereocenters. The van der Waals surface area contributed by atoms with Gasteiger partial charge in [-0.2, -0.15) is 0 Å². The van der Waals surface area contributed by atoms with Gasteiger partial charge in [0, 0.05) is 6.54 Å². The van der Waals surface area contributed by atoms with Crippen LogP contribution in [0.2, 0.25) is 0 Å². The molecule has 0 aliphatic heterocycles. The van der Waals surface area contributed by atoms with Crippen LogP contribution in [0, 0.1) is 6.92 Å². The average molecular weight is 347 g/mol. The van der Waals surface area contributed by atoms with Crippen LogP contribution in [-0.4, -0.2) is 25.5 Å². The number of rotatable bonds is 5. The van der Waals surface area contributed by atoms with E-state index in [2.05, 4.69) is 14.7 Å². The van der Waals surface area contributed by atoms with Gasteiger partial charge >= 0.3 is 5.69 Å². The summed E-state index contributed by atoms with van der Waals surface area (Å²) in [5, 5.41) is 0. The highest BCUT2D eigenvalue weighted by Gasteiger charge is 2.17. The van der Waals surface area contributed by atoms with E-state index in [1.807, 2.05) is 0 Å². The van der Waals surface area contributed by atoms with Crippen LogP contribution >= 0.6 is 0 Å². The summed E-state index contributed by atoms with van der Waals surface area (Å²) in [5.74, 6) is 0.605. The number of aryl methyl sites for hydroxylation is 1. The molecule has 3 rings (SSSR count). The van der Waals surface area contributed by atoms with Gasteiger partial charge in [-0.1, -0.05) is 6.07 Å². The number of imidazole rings is 1. The molecule has 8 heteroatoms. The van der Waals surface area contributed by atoms with Crippen molar-refractivity contribution in [3.05, 3.63) is 58.0 Å². The lowest BCUT2D eigenvalue weighted by Gasteiger charge is -2.10. The molecule has 0 amide bonds. The number of aromatic nitrogens is 2. The number of sulfonamides is 1. The number of fused-ring (bicyclic) bond motifs is 1. The van der Waals surface area contributed by atoms with Crippen molar-refractivity contribution in [1.29, 1.82) is 0 Å². The van der Waals surface area contributed by atoms with Crippen LogP contribution in [0.3, 0.4) is 0 Å². The van der Waals surface area contributed by atoms with Gasteiger partial charge in [0.25, 0.3) is 0 Å². The van der Waals surface area contributed by atoms with Crippen LogP contribution in [0.25, 0.3) is 11.0 Å². The third-order valence-corrected chi connectivity index (χ3v) is 5.28. The molecule has 126 valence electrons. The van der Waals surface area contributed by atoms with Gasteiger partial charge in [0.05, 0.1) is 23.0 Å². The largest absolute Gasteiger partial charge is 0.497 e. The molecule has 0 aliphatic rings. The molecular formula is C16H17N3O4S. The second kappa shape index (κ2) is 6.14. The lowest BCUT2D eigenvalue weighted by molar-refractivity contribution is 0.414. The van der Waals surface area contributed by atoms with Crippen molar-refractivity contribution in [2.24, 2.45) is 0 Å². The monoisotopic (exact) mass is 347 g/mol. The molecule has 24 heavy (non-hydrogen) atoms. The average Bonchev–Trinajstić information content (AvgIpc) is 2.91. The second-order valence-electron chi connectivity index (χ2n) is 5.42. The van der Waals surface area contributed by atoms with Crippen LogP contribution in [-0.2, 0) is 16.6 Å². The topological polar surface area (TPSA) is 104 Å². The standard InChI is InChI=1S/C16H17N3O4S/c1-10-7-12(23-2)4-6-15(10)24(21,22)17-9-11-3-5-13-14(8-11)19-16(20)18-13/h3-8,17H,9H2,1-2H3,(H2,18,19,20). The van der Waals surface area contributed by atoms with Gasteiger partial charge in [0.15, 0.2) is 0 Å². The smallest absolute Gasteiger partial charge is 0.323 e. The molecule has 3 N–H and O–H groups in total. The Hall–Kier alpha value is -2.58. The van der Waals surface area contributed by atoms with E-state index < -0.39 is 10.0 Å². The molecule has 0 aliphatic carbocycles. The first-order valence-electron chi connectivity index (χ1n) is 7.24. The van der Waals surface area contributed by atoms with Gasteiger partial charge in [-0.15, -0.1) is 0 Å². The Kier molecular flexibility index (Phi) is 4.16. The van der Waals surface area contributed by atoms with Gasteiger partial charge in [0.1, 0.15) is 5.75 Å². The Labute approximate surface area is 138 Å². The zero-order chi connectivity index (χ0) is 17.3.